The maximum atomic E-state index is 5.43. The van der Waals surface area contributed by atoms with Crippen LogP contribution in [0.1, 0.15) is 106 Å². The SMILES string of the molecule is CC(C)(C)c1[nH]c2nc3c(C(C)(C)C)[nH]c4nc5c(C(C)(C)C)[nH]c6nc7c(C(C)(C)C)[nH]c8nc1c1c2c3c4c5c6c7c81. The van der Waals surface area contributed by atoms with Gasteiger partial charge in [-0.25, -0.2) is 19.9 Å². The molecule has 1 aromatic carbocycles. The van der Waals surface area contributed by atoms with Gasteiger partial charge in [0.25, 0.3) is 0 Å². The highest BCUT2D eigenvalue weighted by atomic mass is 15.0. The van der Waals surface area contributed by atoms with Gasteiger partial charge in [-0.2, -0.15) is 0 Å². The number of hydrogen-bond donors (Lipinski definition) is 4. The Morgan fingerprint density at radius 2 is 0.477 bits per heavy atom. The van der Waals surface area contributed by atoms with E-state index in [1.54, 1.807) is 0 Å². The molecule has 8 aromatic heterocycles. The molecule has 9 aromatic rings. The fourth-order valence-electron chi connectivity index (χ4n) is 7.76. The minimum atomic E-state index is -0.179. The van der Waals surface area contributed by atoms with Crippen molar-refractivity contribution in [2.75, 3.05) is 0 Å². The third-order valence-corrected chi connectivity index (χ3v) is 9.71. The smallest absolute Gasteiger partial charge is 0.139 e. The lowest BCUT2D eigenvalue weighted by molar-refractivity contribution is 0.573. The standard InChI is InChI=1S/C36H40N8/c1-33(2,3)25-21-13-17-14-19-16-20-15-18(13)30(37-21)42-27(35(7,8)9)23(15)39-32(20)44-28(36(10,11)12)24(16)40-31(19)43-26(34(4,5)6)22(14)38-29(17)41-25/h1-12H3,(H,38,41)(H,37,42)(H,39,44)(H,40,43). The number of rotatable bonds is 0. The molecule has 224 valence electrons. The monoisotopic (exact) mass is 584 g/mol. The van der Waals surface area contributed by atoms with Crippen molar-refractivity contribution in [2.24, 2.45) is 0 Å². The fraction of sp³-hybridized carbons (Fsp3) is 0.444. The van der Waals surface area contributed by atoms with Crippen LogP contribution < -0.4 is 0 Å². The summed E-state index contributed by atoms with van der Waals surface area (Å²) in [7, 11) is 0. The van der Waals surface area contributed by atoms with Gasteiger partial charge in [0.15, 0.2) is 0 Å². The Hall–Kier alpha value is -4.20. The topological polar surface area (TPSA) is 115 Å². The van der Waals surface area contributed by atoms with Crippen molar-refractivity contribution in [1.82, 2.24) is 39.9 Å². The molecule has 0 aliphatic carbocycles. The zero-order chi connectivity index (χ0) is 31.2. The lowest BCUT2D eigenvalue weighted by Crippen LogP contribution is -2.15. The largest absolute Gasteiger partial charge is 0.341 e. The second-order valence-electron chi connectivity index (χ2n) is 17.2. The quantitative estimate of drug-likeness (QED) is 0.142. The van der Waals surface area contributed by atoms with E-state index in [9.17, 15) is 0 Å². The van der Waals surface area contributed by atoms with Crippen LogP contribution in [-0.2, 0) is 21.7 Å². The maximum absolute atomic E-state index is 5.43. The Kier molecular flexibility index (Phi) is 4.29. The van der Waals surface area contributed by atoms with E-state index in [0.717, 1.165) is 111 Å². The van der Waals surface area contributed by atoms with E-state index in [0.29, 0.717) is 0 Å². The van der Waals surface area contributed by atoms with E-state index < -0.39 is 0 Å². The predicted octanol–water partition coefficient (Wildman–Crippen LogP) is 9.31. The molecule has 0 amide bonds. The highest BCUT2D eigenvalue weighted by Gasteiger charge is 2.36. The van der Waals surface area contributed by atoms with E-state index in [-0.39, 0.29) is 21.7 Å². The molecule has 44 heavy (non-hydrogen) atoms. The second kappa shape index (κ2) is 7.19. The lowest BCUT2D eigenvalue weighted by atomic mass is 9.86. The van der Waals surface area contributed by atoms with Crippen molar-refractivity contribution in [3.05, 3.63) is 22.8 Å². The van der Waals surface area contributed by atoms with Crippen LogP contribution in [-0.4, -0.2) is 39.9 Å². The molecule has 0 bridgehead atoms. The van der Waals surface area contributed by atoms with Crippen molar-refractivity contribution < 1.29 is 0 Å². The number of aromatic nitrogens is 8. The number of nitrogens with zero attached hydrogens (tertiary/aromatic N) is 4. The maximum Gasteiger partial charge on any atom is 0.139 e. The van der Waals surface area contributed by atoms with Crippen LogP contribution >= 0.6 is 0 Å². The summed E-state index contributed by atoms with van der Waals surface area (Å²) in [6.07, 6.45) is 0. The third-order valence-electron chi connectivity index (χ3n) is 9.71. The van der Waals surface area contributed by atoms with Crippen LogP contribution in [0.4, 0.5) is 0 Å². The number of nitrogens with one attached hydrogen (secondary N) is 4. The summed E-state index contributed by atoms with van der Waals surface area (Å²) < 4.78 is 0. The molecule has 0 unspecified atom stereocenters. The van der Waals surface area contributed by atoms with Gasteiger partial charge in [0, 0.05) is 87.5 Å². The van der Waals surface area contributed by atoms with Gasteiger partial charge < -0.3 is 19.9 Å². The molecule has 0 spiro atoms. The lowest BCUT2D eigenvalue weighted by Gasteiger charge is -2.21. The second-order valence-corrected chi connectivity index (χ2v) is 17.2. The van der Waals surface area contributed by atoms with Gasteiger partial charge in [0.2, 0.25) is 0 Å². The zero-order valence-corrected chi connectivity index (χ0v) is 27.8. The van der Waals surface area contributed by atoms with Crippen LogP contribution in [0.15, 0.2) is 0 Å². The van der Waals surface area contributed by atoms with Gasteiger partial charge in [-0.1, -0.05) is 83.1 Å². The molecule has 0 saturated heterocycles. The molecule has 0 atom stereocenters. The van der Waals surface area contributed by atoms with Crippen molar-refractivity contribution in [1.29, 1.82) is 0 Å². The first-order valence-corrected chi connectivity index (χ1v) is 15.8. The van der Waals surface area contributed by atoms with Gasteiger partial charge in [0.1, 0.15) is 22.6 Å². The highest BCUT2D eigenvalue weighted by molar-refractivity contribution is 6.44. The molecule has 0 aliphatic heterocycles. The normalized spacial score (nSPS) is 14.8. The van der Waals surface area contributed by atoms with Crippen LogP contribution in [0.25, 0.3) is 87.7 Å². The highest BCUT2D eigenvalue weighted by Crippen LogP contribution is 2.52. The van der Waals surface area contributed by atoms with Gasteiger partial charge >= 0.3 is 0 Å². The summed E-state index contributed by atoms with van der Waals surface area (Å²) >= 11 is 0. The van der Waals surface area contributed by atoms with Crippen molar-refractivity contribution in [3.8, 4) is 0 Å². The number of H-pyrrole nitrogens is 4. The first-order chi connectivity index (χ1) is 20.4. The van der Waals surface area contributed by atoms with E-state index in [1.807, 2.05) is 0 Å². The number of aromatic amines is 4. The molecule has 4 N–H and O–H groups in total. The zero-order valence-electron chi connectivity index (χ0n) is 27.8. The average Bonchev–Trinajstić information content (AvgIpc) is 3.60. The number of pyridine rings is 4. The van der Waals surface area contributed by atoms with Crippen molar-refractivity contribution >= 4 is 87.7 Å². The molecule has 0 aliphatic rings. The van der Waals surface area contributed by atoms with Crippen LogP contribution in [0.3, 0.4) is 0 Å². The summed E-state index contributed by atoms with van der Waals surface area (Å²) in [4.78, 5) is 37.0. The minimum Gasteiger partial charge on any atom is -0.341 e. The van der Waals surface area contributed by atoms with Crippen molar-refractivity contribution in [2.45, 2.75) is 105 Å². The van der Waals surface area contributed by atoms with Gasteiger partial charge in [-0.15, -0.1) is 0 Å². The molecule has 0 radical (unpaired) electrons. The molecule has 0 saturated carbocycles. The Labute approximate surface area is 254 Å². The Morgan fingerprint density at radius 3 is 0.636 bits per heavy atom. The van der Waals surface area contributed by atoms with Gasteiger partial charge in [0.05, 0.1) is 22.1 Å². The van der Waals surface area contributed by atoms with Gasteiger partial charge in [-0.05, 0) is 0 Å². The third kappa shape index (κ3) is 2.95. The van der Waals surface area contributed by atoms with Crippen LogP contribution in [0.2, 0.25) is 0 Å². The van der Waals surface area contributed by atoms with E-state index in [1.165, 1.54) is 0 Å². The molecule has 8 nitrogen and oxygen atoms in total. The Bertz CT molecular complexity index is 2220. The first-order valence-electron chi connectivity index (χ1n) is 15.8. The summed E-state index contributed by atoms with van der Waals surface area (Å²) in [6.45, 7) is 26.9. The molecule has 9 rings (SSSR count). The Morgan fingerprint density at radius 1 is 0.295 bits per heavy atom. The predicted molar refractivity (Wildman–Crippen MR) is 183 cm³/mol. The molecule has 0 fully saturated rings. The summed E-state index contributed by atoms with van der Waals surface area (Å²) in [6, 6.07) is 0. The molecular weight excluding hydrogens is 544 g/mol. The summed E-state index contributed by atoms with van der Waals surface area (Å²) in [5, 5.41) is 9.16. The molecular formula is C36H40N8. The number of hydrogen-bond acceptors (Lipinski definition) is 4. The van der Waals surface area contributed by atoms with E-state index in [2.05, 4.69) is 103 Å². The van der Waals surface area contributed by atoms with Crippen LogP contribution in [0.5, 0.6) is 0 Å². The van der Waals surface area contributed by atoms with Crippen molar-refractivity contribution in [3.63, 3.8) is 0 Å². The summed E-state index contributed by atoms with van der Waals surface area (Å²) in [5.74, 6) is 0. The fourth-order valence-corrected chi connectivity index (χ4v) is 7.76. The van der Waals surface area contributed by atoms with E-state index >= 15 is 0 Å². The first kappa shape index (κ1) is 26.2. The Balaban J connectivity index is 1.74. The molecule has 8 heterocycles. The average molecular weight is 585 g/mol. The minimum absolute atomic E-state index is 0.179. The van der Waals surface area contributed by atoms with Gasteiger partial charge in [-0.3, -0.25) is 0 Å². The van der Waals surface area contributed by atoms with E-state index in [4.69, 9.17) is 19.9 Å². The summed E-state index contributed by atoms with van der Waals surface area (Å²) in [5.41, 5.74) is 11.2. The molecule has 8 heteroatoms. The van der Waals surface area contributed by atoms with Crippen LogP contribution in [0, 0.1) is 0 Å².